The lowest BCUT2D eigenvalue weighted by atomic mass is 10.1. The Morgan fingerprint density at radius 2 is 1.63 bits per heavy atom. The molecule has 1 aromatic rings. The number of ether oxygens (including phenoxy) is 4. The summed E-state index contributed by atoms with van der Waals surface area (Å²) in [6.07, 6.45) is 12.5. The lowest BCUT2D eigenvalue weighted by Gasteiger charge is -2.19. The molecule has 1 heterocycles. The van der Waals surface area contributed by atoms with Crippen LogP contribution in [0.1, 0.15) is 71.3 Å². The minimum absolute atomic E-state index is 0.306. The molecule has 0 atom stereocenters. The van der Waals surface area contributed by atoms with Crippen molar-refractivity contribution in [3.05, 3.63) is 35.9 Å². The smallest absolute Gasteiger partial charge is 0.407 e. The molecule has 210 valence electrons. The van der Waals surface area contributed by atoms with Crippen LogP contribution in [0.15, 0.2) is 30.4 Å². The van der Waals surface area contributed by atoms with Gasteiger partial charge in [0.2, 0.25) is 5.75 Å². The van der Waals surface area contributed by atoms with Crippen molar-refractivity contribution in [2.45, 2.75) is 71.3 Å². The number of carbonyl (C=O) groups excluding carboxylic acids is 3. The van der Waals surface area contributed by atoms with Gasteiger partial charge in [0.15, 0.2) is 11.5 Å². The standard InChI is InChI=1S/C29H42N2O7/c1-29(2,3)38-28(34)30-17-11-8-6-7-9-13-19-37-27-23(35-4)20-22(21-24(27)36-5)15-16-26(33)31-18-12-10-14-25(31)32/h10,14-16,20-21H,6-9,11-13,17-19H2,1-5H3,(H,30,34)/b16-15+. The minimum atomic E-state index is -0.479. The third kappa shape index (κ3) is 10.9. The maximum atomic E-state index is 12.4. The number of carbonyl (C=O) groups is 3. The molecule has 1 aliphatic heterocycles. The molecule has 0 fully saturated rings. The van der Waals surface area contributed by atoms with Gasteiger partial charge in [-0.25, -0.2) is 4.79 Å². The van der Waals surface area contributed by atoms with E-state index in [0.29, 0.717) is 48.9 Å². The Kier molecular flexibility index (Phi) is 12.7. The number of hydrogen-bond donors (Lipinski definition) is 1. The number of rotatable bonds is 14. The van der Waals surface area contributed by atoms with Gasteiger partial charge in [-0.3, -0.25) is 14.5 Å². The summed E-state index contributed by atoms with van der Waals surface area (Å²) >= 11 is 0. The molecule has 1 N–H and O–H groups in total. The van der Waals surface area contributed by atoms with E-state index in [0.717, 1.165) is 38.5 Å². The number of imide groups is 1. The van der Waals surface area contributed by atoms with E-state index < -0.39 is 5.60 Å². The normalized spacial score (nSPS) is 13.5. The lowest BCUT2D eigenvalue weighted by Crippen LogP contribution is -2.37. The summed E-state index contributed by atoms with van der Waals surface area (Å²) < 4.78 is 22.2. The first-order valence-electron chi connectivity index (χ1n) is 13.2. The van der Waals surface area contributed by atoms with Crippen molar-refractivity contribution < 1.29 is 33.3 Å². The van der Waals surface area contributed by atoms with E-state index in [9.17, 15) is 14.4 Å². The van der Waals surface area contributed by atoms with Gasteiger partial charge < -0.3 is 24.3 Å². The number of amides is 3. The van der Waals surface area contributed by atoms with Gasteiger partial charge in [0, 0.05) is 19.2 Å². The molecule has 0 saturated heterocycles. The Bertz CT molecular complexity index is 970. The van der Waals surface area contributed by atoms with Gasteiger partial charge >= 0.3 is 6.09 Å². The number of hydrogen-bond acceptors (Lipinski definition) is 7. The van der Waals surface area contributed by atoms with E-state index in [1.54, 1.807) is 38.5 Å². The average Bonchev–Trinajstić information content (AvgIpc) is 2.87. The highest BCUT2D eigenvalue weighted by atomic mass is 16.6. The van der Waals surface area contributed by atoms with Crippen LogP contribution in [0.3, 0.4) is 0 Å². The molecule has 0 aromatic heterocycles. The van der Waals surface area contributed by atoms with Crippen molar-refractivity contribution >= 4 is 24.0 Å². The highest BCUT2D eigenvalue weighted by Crippen LogP contribution is 2.39. The fourth-order valence-electron chi connectivity index (χ4n) is 3.82. The van der Waals surface area contributed by atoms with Crippen molar-refractivity contribution in [1.82, 2.24) is 10.2 Å². The van der Waals surface area contributed by atoms with Gasteiger partial charge in [-0.05, 0) is 69.9 Å². The zero-order chi connectivity index (χ0) is 28.0. The van der Waals surface area contributed by atoms with Crippen molar-refractivity contribution in [2.75, 3.05) is 33.9 Å². The minimum Gasteiger partial charge on any atom is -0.493 e. The third-order valence-corrected chi connectivity index (χ3v) is 5.70. The van der Waals surface area contributed by atoms with E-state index in [-0.39, 0.29) is 17.9 Å². The molecule has 0 aliphatic carbocycles. The van der Waals surface area contributed by atoms with E-state index >= 15 is 0 Å². The van der Waals surface area contributed by atoms with Gasteiger partial charge in [-0.2, -0.15) is 0 Å². The number of methoxy groups -OCH3 is 2. The molecule has 0 saturated carbocycles. The lowest BCUT2D eigenvalue weighted by molar-refractivity contribution is -0.139. The summed E-state index contributed by atoms with van der Waals surface area (Å²) in [5, 5.41) is 2.78. The maximum Gasteiger partial charge on any atom is 0.407 e. The van der Waals surface area contributed by atoms with Crippen molar-refractivity contribution in [3.63, 3.8) is 0 Å². The molecular weight excluding hydrogens is 488 g/mol. The average molecular weight is 531 g/mol. The Hall–Kier alpha value is -3.49. The van der Waals surface area contributed by atoms with E-state index in [1.807, 2.05) is 20.8 Å². The Balaban J connectivity index is 1.74. The van der Waals surface area contributed by atoms with Gasteiger partial charge in [0.05, 0.1) is 20.8 Å². The van der Waals surface area contributed by atoms with Crippen molar-refractivity contribution in [2.24, 2.45) is 0 Å². The topological polar surface area (TPSA) is 103 Å². The van der Waals surface area contributed by atoms with Crippen LogP contribution in [0, 0.1) is 0 Å². The van der Waals surface area contributed by atoms with Crippen LogP contribution < -0.4 is 19.5 Å². The highest BCUT2D eigenvalue weighted by Gasteiger charge is 2.19. The molecule has 0 unspecified atom stereocenters. The van der Waals surface area contributed by atoms with Gasteiger partial charge in [-0.1, -0.05) is 31.8 Å². The molecular formula is C29H42N2O7. The van der Waals surface area contributed by atoms with Crippen LogP contribution in [0.25, 0.3) is 6.08 Å². The summed E-state index contributed by atoms with van der Waals surface area (Å²) in [4.78, 5) is 37.1. The summed E-state index contributed by atoms with van der Waals surface area (Å²) in [5.74, 6) is 0.858. The van der Waals surface area contributed by atoms with Crippen LogP contribution in [-0.4, -0.2) is 62.3 Å². The first kappa shape index (κ1) is 30.7. The summed E-state index contributed by atoms with van der Waals surface area (Å²) in [6, 6.07) is 3.54. The number of benzene rings is 1. The fraction of sp³-hybridized carbons (Fsp3) is 0.552. The monoisotopic (exact) mass is 530 g/mol. The number of unbranched alkanes of at least 4 members (excludes halogenated alkanes) is 5. The molecule has 38 heavy (non-hydrogen) atoms. The molecule has 0 spiro atoms. The first-order valence-corrected chi connectivity index (χ1v) is 13.2. The van der Waals surface area contributed by atoms with Crippen LogP contribution >= 0.6 is 0 Å². The number of alkyl carbamates (subject to hydrolysis) is 1. The summed E-state index contributed by atoms with van der Waals surface area (Å²) in [6.45, 7) is 7.05. The predicted octanol–water partition coefficient (Wildman–Crippen LogP) is 5.28. The van der Waals surface area contributed by atoms with E-state index in [2.05, 4.69) is 5.32 Å². The van der Waals surface area contributed by atoms with Crippen LogP contribution in [0.2, 0.25) is 0 Å². The Labute approximate surface area is 226 Å². The Morgan fingerprint density at radius 1 is 1.00 bits per heavy atom. The third-order valence-electron chi connectivity index (χ3n) is 5.70. The zero-order valence-electron chi connectivity index (χ0n) is 23.3. The molecule has 0 radical (unpaired) electrons. The quantitative estimate of drug-likeness (QED) is 0.258. The summed E-state index contributed by atoms with van der Waals surface area (Å²) in [7, 11) is 3.10. The van der Waals surface area contributed by atoms with E-state index in [4.69, 9.17) is 18.9 Å². The maximum absolute atomic E-state index is 12.4. The van der Waals surface area contributed by atoms with Gasteiger partial charge in [0.25, 0.3) is 11.8 Å². The second kappa shape index (κ2) is 15.7. The summed E-state index contributed by atoms with van der Waals surface area (Å²) in [5.41, 5.74) is 0.216. The first-order chi connectivity index (χ1) is 18.1. The van der Waals surface area contributed by atoms with Gasteiger partial charge in [-0.15, -0.1) is 0 Å². The molecule has 3 amide bonds. The predicted molar refractivity (Wildman–Crippen MR) is 146 cm³/mol. The van der Waals surface area contributed by atoms with Crippen LogP contribution in [-0.2, 0) is 14.3 Å². The number of nitrogens with one attached hydrogen (secondary N) is 1. The van der Waals surface area contributed by atoms with Crippen molar-refractivity contribution in [1.29, 1.82) is 0 Å². The molecule has 9 heteroatoms. The van der Waals surface area contributed by atoms with Crippen LogP contribution in [0.5, 0.6) is 17.2 Å². The largest absolute Gasteiger partial charge is 0.493 e. The molecule has 0 bridgehead atoms. The second-order valence-electron chi connectivity index (χ2n) is 10.0. The number of nitrogens with zero attached hydrogens (tertiary/aromatic N) is 1. The molecule has 1 aliphatic rings. The molecule has 1 aromatic carbocycles. The van der Waals surface area contributed by atoms with E-state index in [1.165, 1.54) is 17.1 Å². The zero-order valence-corrected chi connectivity index (χ0v) is 23.3. The second-order valence-corrected chi connectivity index (χ2v) is 10.0. The highest BCUT2D eigenvalue weighted by molar-refractivity contribution is 6.06. The van der Waals surface area contributed by atoms with Gasteiger partial charge in [0.1, 0.15) is 5.60 Å². The fourth-order valence-corrected chi connectivity index (χ4v) is 3.82. The molecule has 9 nitrogen and oxygen atoms in total. The SMILES string of the molecule is COc1cc(/C=C/C(=O)N2CCC=CC2=O)cc(OC)c1OCCCCCCCCNC(=O)OC(C)(C)C. The van der Waals surface area contributed by atoms with Crippen LogP contribution in [0.4, 0.5) is 4.79 Å². The van der Waals surface area contributed by atoms with Crippen molar-refractivity contribution in [3.8, 4) is 17.2 Å². The molecule has 2 rings (SSSR count). The Morgan fingerprint density at radius 3 is 2.24 bits per heavy atom.